The molecule has 1 N–H and O–H groups in total. The lowest BCUT2D eigenvalue weighted by Gasteiger charge is -2.29. The second-order valence-corrected chi connectivity index (χ2v) is 6.49. The summed E-state index contributed by atoms with van der Waals surface area (Å²) in [5.41, 5.74) is 1.22. The summed E-state index contributed by atoms with van der Waals surface area (Å²) in [6, 6.07) is 7.76. The summed E-state index contributed by atoms with van der Waals surface area (Å²) in [6.45, 7) is 1.94. The minimum atomic E-state index is -1.02. The van der Waals surface area contributed by atoms with Crippen LogP contribution in [0, 0.1) is 5.92 Å². The lowest BCUT2D eigenvalue weighted by molar-refractivity contribution is -0.153. The molecule has 1 saturated heterocycles. The second kappa shape index (κ2) is 9.64. The topological polar surface area (TPSA) is 66.8 Å². The molecule has 1 unspecified atom stereocenters. The Morgan fingerprint density at radius 3 is 2.42 bits per heavy atom. The number of unbranched alkanes of at least 4 members (excludes halogenated alkanes) is 2. The normalized spacial score (nSPS) is 16.0. The average Bonchev–Trinajstić information content (AvgIpc) is 2.59. The van der Waals surface area contributed by atoms with Crippen molar-refractivity contribution in [1.29, 1.82) is 0 Å². The molecule has 0 radical (unpaired) electrons. The number of benzene rings is 1. The van der Waals surface area contributed by atoms with Gasteiger partial charge in [-0.15, -0.1) is 0 Å². The molecule has 24 heavy (non-hydrogen) atoms. The van der Waals surface area contributed by atoms with Gasteiger partial charge < -0.3 is 14.7 Å². The number of amides is 1. The number of ether oxygens (including phenoxy) is 1. The van der Waals surface area contributed by atoms with Crippen molar-refractivity contribution in [2.75, 3.05) is 26.3 Å². The highest BCUT2D eigenvalue weighted by Crippen LogP contribution is 2.17. The SMILES string of the molecule is O=C(O)C(CCCCCc1ccc(Cl)cc1)C(=O)N1CCOCC1. The number of rotatable bonds is 8. The van der Waals surface area contributed by atoms with E-state index in [0.717, 1.165) is 30.7 Å². The number of morpholine rings is 1. The molecule has 0 aromatic heterocycles. The maximum absolute atomic E-state index is 12.3. The third-order valence-corrected chi connectivity index (χ3v) is 4.54. The summed E-state index contributed by atoms with van der Waals surface area (Å²) < 4.78 is 5.20. The van der Waals surface area contributed by atoms with Gasteiger partial charge in [0.25, 0.3) is 0 Å². The fourth-order valence-electron chi connectivity index (χ4n) is 2.86. The lowest BCUT2D eigenvalue weighted by atomic mass is 9.98. The van der Waals surface area contributed by atoms with E-state index in [2.05, 4.69) is 0 Å². The van der Waals surface area contributed by atoms with Gasteiger partial charge in [-0.25, -0.2) is 0 Å². The Balaban J connectivity index is 1.72. The fourth-order valence-corrected chi connectivity index (χ4v) is 2.99. The Morgan fingerprint density at radius 2 is 1.79 bits per heavy atom. The highest BCUT2D eigenvalue weighted by molar-refractivity contribution is 6.30. The van der Waals surface area contributed by atoms with E-state index in [-0.39, 0.29) is 5.91 Å². The summed E-state index contributed by atoms with van der Waals surface area (Å²) >= 11 is 5.85. The molecular formula is C18H24ClNO4. The average molecular weight is 354 g/mol. The number of carbonyl (C=O) groups is 2. The van der Waals surface area contributed by atoms with Gasteiger partial charge in [0.15, 0.2) is 0 Å². The van der Waals surface area contributed by atoms with E-state index in [1.54, 1.807) is 4.90 Å². The van der Waals surface area contributed by atoms with Crippen LogP contribution in [0.25, 0.3) is 0 Å². The summed E-state index contributed by atoms with van der Waals surface area (Å²) in [6.07, 6.45) is 3.95. The van der Waals surface area contributed by atoms with Crippen LogP contribution in [-0.2, 0) is 20.7 Å². The molecule has 0 spiro atoms. The van der Waals surface area contributed by atoms with E-state index in [1.165, 1.54) is 5.56 Å². The molecule has 132 valence electrons. The number of aliphatic carboxylic acids is 1. The lowest BCUT2D eigenvalue weighted by Crippen LogP contribution is -2.45. The van der Waals surface area contributed by atoms with Crippen LogP contribution in [0.2, 0.25) is 5.02 Å². The van der Waals surface area contributed by atoms with Gasteiger partial charge in [-0.1, -0.05) is 36.6 Å². The number of halogens is 1. The summed E-state index contributed by atoms with van der Waals surface area (Å²) in [5.74, 6) is -2.23. The first-order valence-electron chi connectivity index (χ1n) is 8.41. The Labute approximate surface area is 147 Å². The van der Waals surface area contributed by atoms with Crippen molar-refractivity contribution in [1.82, 2.24) is 4.90 Å². The van der Waals surface area contributed by atoms with Crippen LogP contribution in [0.3, 0.4) is 0 Å². The molecule has 1 aromatic carbocycles. The van der Waals surface area contributed by atoms with E-state index < -0.39 is 11.9 Å². The number of hydrogen-bond donors (Lipinski definition) is 1. The van der Waals surface area contributed by atoms with Gasteiger partial charge in [0.2, 0.25) is 5.91 Å². The zero-order valence-electron chi connectivity index (χ0n) is 13.7. The van der Waals surface area contributed by atoms with Gasteiger partial charge in [-0.2, -0.15) is 0 Å². The van der Waals surface area contributed by atoms with Gasteiger partial charge in [0.1, 0.15) is 5.92 Å². The van der Waals surface area contributed by atoms with E-state index in [1.807, 2.05) is 24.3 Å². The monoisotopic (exact) mass is 353 g/mol. The van der Waals surface area contributed by atoms with Gasteiger partial charge in [0.05, 0.1) is 13.2 Å². The van der Waals surface area contributed by atoms with Gasteiger partial charge >= 0.3 is 5.97 Å². The quantitative estimate of drug-likeness (QED) is 0.576. The molecule has 0 saturated carbocycles. The predicted molar refractivity (Wildman–Crippen MR) is 92.1 cm³/mol. The maximum Gasteiger partial charge on any atom is 0.316 e. The van der Waals surface area contributed by atoms with Crippen LogP contribution in [0.15, 0.2) is 24.3 Å². The molecule has 2 rings (SSSR count). The van der Waals surface area contributed by atoms with Crippen LogP contribution >= 0.6 is 11.6 Å². The zero-order chi connectivity index (χ0) is 17.4. The molecule has 0 aliphatic carbocycles. The Bertz CT molecular complexity index is 540. The molecule has 1 aliphatic rings. The van der Waals surface area contributed by atoms with Crippen LogP contribution in [0.5, 0.6) is 0 Å². The summed E-state index contributed by atoms with van der Waals surface area (Å²) in [7, 11) is 0. The Morgan fingerprint density at radius 1 is 1.12 bits per heavy atom. The van der Waals surface area contributed by atoms with Gasteiger partial charge in [-0.3, -0.25) is 9.59 Å². The first-order valence-corrected chi connectivity index (χ1v) is 8.79. The van der Waals surface area contributed by atoms with Crippen LogP contribution < -0.4 is 0 Å². The minimum Gasteiger partial charge on any atom is -0.481 e. The molecule has 0 bridgehead atoms. The van der Waals surface area contributed by atoms with Crippen molar-refractivity contribution < 1.29 is 19.4 Å². The highest BCUT2D eigenvalue weighted by atomic mass is 35.5. The van der Waals surface area contributed by atoms with Crippen molar-refractivity contribution in [3.05, 3.63) is 34.9 Å². The van der Waals surface area contributed by atoms with E-state index >= 15 is 0 Å². The van der Waals surface area contributed by atoms with E-state index in [4.69, 9.17) is 16.3 Å². The molecule has 1 heterocycles. The first-order chi connectivity index (χ1) is 11.6. The summed E-state index contributed by atoms with van der Waals surface area (Å²) in [5, 5.41) is 10.1. The minimum absolute atomic E-state index is 0.275. The smallest absolute Gasteiger partial charge is 0.316 e. The largest absolute Gasteiger partial charge is 0.481 e. The predicted octanol–water partition coefficient (Wildman–Crippen LogP) is 3.00. The van der Waals surface area contributed by atoms with Crippen molar-refractivity contribution >= 4 is 23.5 Å². The Hall–Kier alpha value is -1.59. The number of carboxylic acids is 1. The molecule has 1 aliphatic heterocycles. The maximum atomic E-state index is 12.3. The molecule has 1 aromatic rings. The van der Waals surface area contributed by atoms with E-state index in [0.29, 0.717) is 32.7 Å². The number of aryl methyl sites for hydroxylation is 1. The molecule has 5 nitrogen and oxygen atoms in total. The van der Waals surface area contributed by atoms with E-state index in [9.17, 15) is 14.7 Å². The van der Waals surface area contributed by atoms with Crippen LogP contribution in [0.1, 0.15) is 31.2 Å². The third-order valence-electron chi connectivity index (χ3n) is 4.29. The first kappa shape index (κ1) is 18.7. The highest BCUT2D eigenvalue weighted by Gasteiger charge is 2.30. The van der Waals surface area contributed by atoms with Crippen molar-refractivity contribution in [3.63, 3.8) is 0 Å². The number of nitrogens with zero attached hydrogens (tertiary/aromatic N) is 1. The fraction of sp³-hybridized carbons (Fsp3) is 0.556. The molecule has 1 amide bonds. The molecule has 6 heteroatoms. The van der Waals surface area contributed by atoms with Crippen molar-refractivity contribution in [2.24, 2.45) is 5.92 Å². The number of hydrogen-bond acceptors (Lipinski definition) is 3. The second-order valence-electron chi connectivity index (χ2n) is 6.05. The standard InChI is InChI=1S/C18H24ClNO4/c19-15-8-6-14(7-9-15)4-2-1-3-5-16(18(22)23)17(21)20-10-12-24-13-11-20/h6-9,16H,1-5,10-13H2,(H,22,23). The third kappa shape index (κ3) is 5.80. The Kier molecular flexibility index (Phi) is 7.53. The molecule has 1 atom stereocenters. The van der Waals surface area contributed by atoms with Gasteiger partial charge in [-0.05, 0) is 37.0 Å². The zero-order valence-corrected chi connectivity index (χ0v) is 14.5. The van der Waals surface area contributed by atoms with Crippen molar-refractivity contribution in [3.8, 4) is 0 Å². The van der Waals surface area contributed by atoms with Crippen molar-refractivity contribution in [2.45, 2.75) is 32.1 Å². The summed E-state index contributed by atoms with van der Waals surface area (Å²) in [4.78, 5) is 25.4. The molecule has 1 fully saturated rings. The van der Waals surface area contributed by atoms with Gasteiger partial charge in [0, 0.05) is 18.1 Å². The number of carbonyl (C=O) groups excluding carboxylic acids is 1. The molecular weight excluding hydrogens is 330 g/mol. The van der Waals surface area contributed by atoms with Crippen LogP contribution in [-0.4, -0.2) is 48.2 Å². The number of carboxylic acid groups (broad SMARTS) is 1. The van der Waals surface area contributed by atoms with Crippen LogP contribution in [0.4, 0.5) is 0 Å².